The number of hydrogen-bond acceptors (Lipinski definition) is 4. The smallest absolute Gasteiger partial charge is 0.228 e. The van der Waals surface area contributed by atoms with Gasteiger partial charge in [-0.25, -0.2) is 0 Å². The lowest BCUT2D eigenvalue weighted by atomic mass is 10.1. The average Bonchev–Trinajstić information content (AvgIpc) is 2.83. The molecule has 0 saturated carbocycles. The molecule has 0 N–H and O–H groups in total. The third kappa shape index (κ3) is 2.72. The first-order chi connectivity index (χ1) is 11.2. The van der Waals surface area contributed by atoms with Crippen LogP contribution in [0.3, 0.4) is 0 Å². The molecule has 116 valence electrons. The summed E-state index contributed by atoms with van der Waals surface area (Å²) in [5.74, 6) is 1.42. The molecule has 0 unspecified atom stereocenters. The molecule has 0 fully saturated rings. The summed E-state index contributed by atoms with van der Waals surface area (Å²) in [4.78, 5) is 12.7. The molecule has 3 aromatic rings. The van der Waals surface area contributed by atoms with Crippen molar-refractivity contribution >= 4 is 32.7 Å². The topological polar surface area (TPSA) is 48.7 Å². The fourth-order valence-electron chi connectivity index (χ4n) is 2.57. The van der Waals surface area contributed by atoms with E-state index >= 15 is 0 Å². The molecule has 0 saturated heterocycles. The molecule has 1 aromatic heterocycles. The molecule has 4 nitrogen and oxygen atoms in total. The molecule has 0 aliphatic carbocycles. The summed E-state index contributed by atoms with van der Waals surface area (Å²) in [7, 11) is 0. The molecule has 0 atom stereocenters. The lowest BCUT2D eigenvalue weighted by Gasteiger charge is -2.08. The zero-order valence-corrected chi connectivity index (χ0v) is 13.8. The van der Waals surface area contributed by atoms with Gasteiger partial charge in [0.05, 0.1) is 13.2 Å². The van der Waals surface area contributed by atoms with E-state index in [1.165, 1.54) is 0 Å². The summed E-state index contributed by atoms with van der Waals surface area (Å²) < 4.78 is 17.8. The van der Waals surface area contributed by atoms with E-state index in [-0.39, 0.29) is 5.78 Å². The maximum absolute atomic E-state index is 12.7. The molecule has 1 aliphatic heterocycles. The normalized spacial score (nSPS) is 13.8. The average molecular weight is 373 g/mol. The minimum Gasteiger partial charge on any atom is -0.490 e. The number of halogens is 1. The number of fused-ring (bicyclic) bond motifs is 2. The number of rotatable bonds is 2. The van der Waals surface area contributed by atoms with Gasteiger partial charge in [-0.3, -0.25) is 4.79 Å². The number of benzene rings is 2. The van der Waals surface area contributed by atoms with Crippen molar-refractivity contribution in [2.45, 2.75) is 6.42 Å². The van der Waals surface area contributed by atoms with E-state index in [1.54, 1.807) is 24.3 Å². The van der Waals surface area contributed by atoms with Crippen LogP contribution in [0.1, 0.15) is 22.5 Å². The van der Waals surface area contributed by atoms with Crippen LogP contribution in [0.5, 0.6) is 11.5 Å². The highest BCUT2D eigenvalue weighted by Gasteiger charge is 2.18. The third-order valence-corrected chi connectivity index (χ3v) is 4.21. The van der Waals surface area contributed by atoms with Crippen molar-refractivity contribution in [3.63, 3.8) is 0 Å². The van der Waals surface area contributed by atoms with Crippen LogP contribution in [0, 0.1) is 0 Å². The second-order valence-corrected chi connectivity index (χ2v) is 6.25. The number of ether oxygens (including phenoxy) is 2. The summed E-state index contributed by atoms with van der Waals surface area (Å²) in [5, 5.41) is 0.886. The van der Waals surface area contributed by atoms with E-state index in [1.807, 2.05) is 18.2 Å². The molecule has 0 amide bonds. The van der Waals surface area contributed by atoms with Gasteiger partial charge in [-0.2, -0.15) is 0 Å². The molecular weight excluding hydrogens is 360 g/mol. The fourth-order valence-corrected chi connectivity index (χ4v) is 2.95. The standard InChI is InChI=1S/C18H13BrO4/c19-13-3-5-14-12(8-13)10-17(23-14)18(20)11-2-4-15-16(9-11)22-7-1-6-21-15/h2-5,8-10H,1,6-7H2. The Morgan fingerprint density at radius 1 is 0.957 bits per heavy atom. The van der Waals surface area contributed by atoms with Gasteiger partial charge in [0.15, 0.2) is 17.3 Å². The number of ketones is 1. The predicted molar refractivity (Wildman–Crippen MR) is 89.4 cm³/mol. The van der Waals surface area contributed by atoms with Crippen molar-refractivity contribution in [2.75, 3.05) is 13.2 Å². The summed E-state index contributed by atoms with van der Waals surface area (Å²) in [6, 6.07) is 12.6. The summed E-state index contributed by atoms with van der Waals surface area (Å²) in [6.45, 7) is 1.21. The van der Waals surface area contributed by atoms with E-state index in [2.05, 4.69) is 15.9 Å². The van der Waals surface area contributed by atoms with Crippen molar-refractivity contribution in [1.82, 2.24) is 0 Å². The molecule has 0 bridgehead atoms. The monoisotopic (exact) mass is 372 g/mol. The largest absolute Gasteiger partial charge is 0.490 e. The van der Waals surface area contributed by atoms with Crippen LogP contribution in [0.2, 0.25) is 0 Å². The SMILES string of the molecule is O=C(c1ccc2c(c1)OCCCO2)c1cc2cc(Br)ccc2o1. The Labute approximate surface area is 141 Å². The van der Waals surface area contributed by atoms with Crippen molar-refractivity contribution in [3.8, 4) is 11.5 Å². The molecule has 4 rings (SSSR count). The molecule has 0 radical (unpaired) electrons. The van der Waals surface area contributed by atoms with Crippen molar-refractivity contribution in [1.29, 1.82) is 0 Å². The Hall–Kier alpha value is -2.27. The van der Waals surface area contributed by atoms with Gasteiger partial charge in [-0.05, 0) is 42.5 Å². The van der Waals surface area contributed by atoms with Crippen molar-refractivity contribution < 1.29 is 18.7 Å². The maximum atomic E-state index is 12.7. The Balaban J connectivity index is 1.71. The Kier molecular flexibility index (Phi) is 3.58. The highest BCUT2D eigenvalue weighted by atomic mass is 79.9. The first-order valence-electron chi connectivity index (χ1n) is 7.34. The molecule has 0 spiro atoms. The second-order valence-electron chi connectivity index (χ2n) is 5.33. The number of furan rings is 1. The third-order valence-electron chi connectivity index (χ3n) is 3.71. The van der Waals surface area contributed by atoms with Crippen LogP contribution in [0.15, 0.2) is 51.4 Å². The van der Waals surface area contributed by atoms with Gasteiger partial charge >= 0.3 is 0 Å². The minimum atomic E-state index is -0.173. The molecule has 2 heterocycles. The summed E-state index contributed by atoms with van der Waals surface area (Å²) in [6.07, 6.45) is 0.830. The molecular formula is C18H13BrO4. The molecule has 5 heteroatoms. The quantitative estimate of drug-likeness (QED) is 0.617. The Morgan fingerprint density at radius 3 is 2.65 bits per heavy atom. The van der Waals surface area contributed by atoms with Crippen LogP contribution < -0.4 is 9.47 Å². The number of carbonyl (C=O) groups is 1. The van der Waals surface area contributed by atoms with Crippen molar-refractivity contribution in [2.24, 2.45) is 0 Å². The van der Waals surface area contributed by atoms with E-state index in [0.717, 1.165) is 16.3 Å². The summed E-state index contributed by atoms with van der Waals surface area (Å²) >= 11 is 3.42. The summed E-state index contributed by atoms with van der Waals surface area (Å²) in [5.41, 5.74) is 1.21. The van der Waals surface area contributed by atoms with Crippen LogP contribution >= 0.6 is 15.9 Å². The highest BCUT2D eigenvalue weighted by Crippen LogP contribution is 2.32. The first kappa shape index (κ1) is 14.3. The Bertz CT molecular complexity index is 897. The maximum Gasteiger partial charge on any atom is 0.228 e. The van der Waals surface area contributed by atoms with Crippen molar-refractivity contribution in [3.05, 3.63) is 58.3 Å². The van der Waals surface area contributed by atoms with Gasteiger partial charge in [0.2, 0.25) is 5.78 Å². The number of hydrogen-bond donors (Lipinski definition) is 0. The zero-order valence-electron chi connectivity index (χ0n) is 12.2. The Morgan fingerprint density at radius 2 is 1.78 bits per heavy atom. The molecule has 2 aromatic carbocycles. The lowest BCUT2D eigenvalue weighted by molar-refractivity contribution is 0.101. The van der Waals surface area contributed by atoms with Gasteiger partial charge in [0.25, 0.3) is 0 Å². The van der Waals surface area contributed by atoms with Gasteiger partial charge in [-0.15, -0.1) is 0 Å². The minimum absolute atomic E-state index is 0.173. The van der Waals surface area contributed by atoms with Crippen LogP contribution in [-0.2, 0) is 0 Å². The van der Waals surface area contributed by atoms with Crippen LogP contribution in [0.25, 0.3) is 11.0 Å². The first-order valence-corrected chi connectivity index (χ1v) is 8.13. The van der Waals surface area contributed by atoms with Gasteiger partial charge in [0, 0.05) is 21.8 Å². The lowest BCUT2D eigenvalue weighted by Crippen LogP contribution is -2.01. The molecule has 23 heavy (non-hydrogen) atoms. The van der Waals surface area contributed by atoms with Crippen LogP contribution in [-0.4, -0.2) is 19.0 Å². The van der Waals surface area contributed by atoms with Gasteiger partial charge in [-0.1, -0.05) is 15.9 Å². The fraction of sp³-hybridized carbons (Fsp3) is 0.167. The highest BCUT2D eigenvalue weighted by molar-refractivity contribution is 9.10. The second kappa shape index (κ2) is 5.74. The van der Waals surface area contributed by atoms with Crippen LogP contribution in [0.4, 0.5) is 0 Å². The predicted octanol–water partition coefficient (Wildman–Crippen LogP) is 4.59. The zero-order chi connectivity index (χ0) is 15.8. The van der Waals surface area contributed by atoms with E-state index in [4.69, 9.17) is 13.9 Å². The van der Waals surface area contributed by atoms with E-state index < -0.39 is 0 Å². The van der Waals surface area contributed by atoms with E-state index in [0.29, 0.717) is 41.6 Å². The number of carbonyl (C=O) groups excluding carboxylic acids is 1. The van der Waals surface area contributed by atoms with Gasteiger partial charge < -0.3 is 13.9 Å². The van der Waals surface area contributed by atoms with E-state index in [9.17, 15) is 4.79 Å². The molecule has 1 aliphatic rings. The van der Waals surface area contributed by atoms with Gasteiger partial charge in [0.1, 0.15) is 5.58 Å².